The molecule has 1 N–H and O–H groups in total. The predicted molar refractivity (Wildman–Crippen MR) is 90.7 cm³/mol. The molecule has 6 heteroatoms. The van der Waals surface area contributed by atoms with Crippen molar-refractivity contribution in [3.63, 3.8) is 0 Å². The lowest BCUT2D eigenvalue weighted by Gasteiger charge is -2.53. The molecule has 0 aromatic rings. The fourth-order valence-corrected chi connectivity index (χ4v) is 4.11. The Labute approximate surface area is 145 Å². The average molecular weight is 343 g/mol. The van der Waals surface area contributed by atoms with Gasteiger partial charge in [-0.3, -0.25) is 0 Å². The SMILES string of the molecule is COC(C)(CC1(O)CC2CCCC(C1)N2C(=O)OC(C)(C)C)OC. The van der Waals surface area contributed by atoms with Crippen molar-refractivity contribution in [2.45, 2.75) is 95.3 Å². The van der Waals surface area contributed by atoms with Gasteiger partial charge in [0.15, 0.2) is 5.79 Å². The minimum Gasteiger partial charge on any atom is -0.444 e. The third-order valence-electron chi connectivity index (χ3n) is 5.21. The summed E-state index contributed by atoms with van der Waals surface area (Å²) in [5, 5.41) is 11.2. The number of carbonyl (C=O) groups excluding carboxylic acids is 1. The maximum absolute atomic E-state index is 12.6. The topological polar surface area (TPSA) is 68.2 Å². The summed E-state index contributed by atoms with van der Waals surface area (Å²) in [7, 11) is 3.17. The molecule has 0 saturated carbocycles. The van der Waals surface area contributed by atoms with Crippen molar-refractivity contribution >= 4 is 6.09 Å². The maximum Gasteiger partial charge on any atom is 0.410 e. The third-order valence-corrected chi connectivity index (χ3v) is 5.21. The summed E-state index contributed by atoms with van der Waals surface area (Å²) in [5.74, 6) is -0.822. The van der Waals surface area contributed by atoms with Crippen LogP contribution in [0.1, 0.15) is 66.2 Å². The van der Waals surface area contributed by atoms with E-state index in [0.717, 1.165) is 19.3 Å². The van der Waals surface area contributed by atoms with E-state index >= 15 is 0 Å². The number of aliphatic hydroxyl groups is 1. The number of amides is 1. The first-order valence-electron chi connectivity index (χ1n) is 8.85. The highest BCUT2D eigenvalue weighted by Crippen LogP contribution is 2.43. The van der Waals surface area contributed by atoms with Crippen LogP contribution in [0.25, 0.3) is 0 Å². The highest BCUT2D eigenvalue weighted by molar-refractivity contribution is 5.69. The van der Waals surface area contributed by atoms with Gasteiger partial charge < -0.3 is 24.2 Å². The van der Waals surface area contributed by atoms with Gasteiger partial charge in [0.1, 0.15) is 5.60 Å². The van der Waals surface area contributed by atoms with Gasteiger partial charge in [0, 0.05) is 32.7 Å². The molecule has 2 fully saturated rings. The first-order valence-corrected chi connectivity index (χ1v) is 8.85. The second-order valence-electron chi connectivity index (χ2n) is 8.48. The quantitative estimate of drug-likeness (QED) is 0.795. The summed E-state index contributed by atoms with van der Waals surface area (Å²) >= 11 is 0. The largest absolute Gasteiger partial charge is 0.444 e. The van der Waals surface area contributed by atoms with Gasteiger partial charge >= 0.3 is 6.09 Å². The standard InChI is InChI=1S/C18H33NO5/c1-16(2,3)24-15(20)19-13-8-7-9-14(19)11-18(21,10-13)12-17(4,22-5)23-6/h13-14,21H,7-12H2,1-6H3. The molecule has 1 amide bonds. The maximum atomic E-state index is 12.6. The van der Waals surface area contributed by atoms with Crippen LogP contribution in [0.4, 0.5) is 4.79 Å². The first-order chi connectivity index (χ1) is 11.0. The lowest BCUT2D eigenvalue weighted by molar-refractivity contribution is -0.233. The molecule has 0 aliphatic carbocycles. The summed E-state index contributed by atoms with van der Waals surface area (Å²) < 4.78 is 16.4. The molecule has 24 heavy (non-hydrogen) atoms. The zero-order valence-corrected chi connectivity index (χ0v) is 15.9. The molecule has 2 bridgehead atoms. The summed E-state index contributed by atoms with van der Waals surface area (Å²) in [6, 6.07) is 0.0191. The molecule has 2 unspecified atom stereocenters. The van der Waals surface area contributed by atoms with Crippen molar-refractivity contribution in [3.05, 3.63) is 0 Å². The number of piperidine rings is 2. The Bertz CT molecular complexity index is 441. The smallest absolute Gasteiger partial charge is 0.410 e. The molecule has 2 heterocycles. The van der Waals surface area contributed by atoms with E-state index in [1.165, 1.54) is 0 Å². The van der Waals surface area contributed by atoms with Crippen molar-refractivity contribution in [1.82, 2.24) is 4.90 Å². The molecule has 2 atom stereocenters. The molecular weight excluding hydrogens is 310 g/mol. The van der Waals surface area contributed by atoms with Crippen molar-refractivity contribution < 1.29 is 24.1 Å². The molecule has 2 rings (SSSR count). The van der Waals surface area contributed by atoms with Gasteiger partial charge in [-0.25, -0.2) is 4.79 Å². The number of rotatable bonds is 4. The van der Waals surface area contributed by atoms with E-state index in [2.05, 4.69) is 0 Å². The Morgan fingerprint density at radius 1 is 1.12 bits per heavy atom. The number of nitrogens with zero attached hydrogens (tertiary/aromatic N) is 1. The number of hydrogen-bond acceptors (Lipinski definition) is 5. The molecule has 0 aromatic heterocycles. The fourth-order valence-electron chi connectivity index (χ4n) is 4.11. The average Bonchev–Trinajstić information content (AvgIpc) is 2.43. The summed E-state index contributed by atoms with van der Waals surface area (Å²) in [6.07, 6.45) is 4.07. The Balaban J connectivity index is 2.14. The van der Waals surface area contributed by atoms with Crippen molar-refractivity contribution in [2.24, 2.45) is 0 Å². The monoisotopic (exact) mass is 343 g/mol. The molecule has 0 radical (unpaired) electrons. The first kappa shape index (κ1) is 19.5. The molecular formula is C18H33NO5. The number of methoxy groups -OCH3 is 2. The van der Waals surface area contributed by atoms with E-state index in [4.69, 9.17) is 14.2 Å². The molecule has 2 aliphatic rings. The Morgan fingerprint density at radius 2 is 1.62 bits per heavy atom. The highest BCUT2D eigenvalue weighted by atomic mass is 16.7. The van der Waals surface area contributed by atoms with Gasteiger partial charge in [-0.15, -0.1) is 0 Å². The van der Waals surface area contributed by atoms with Crippen LogP contribution in [-0.2, 0) is 14.2 Å². The zero-order chi connectivity index (χ0) is 18.2. The number of fused-ring (bicyclic) bond motifs is 2. The lowest BCUT2D eigenvalue weighted by Crippen LogP contribution is -2.61. The van der Waals surface area contributed by atoms with Crippen LogP contribution in [-0.4, -0.2) is 59.4 Å². The van der Waals surface area contributed by atoms with E-state index < -0.39 is 17.0 Å². The normalized spacial score (nSPS) is 31.0. The van der Waals surface area contributed by atoms with E-state index in [9.17, 15) is 9.90 Å². The van der Waals surface area contributed by atoms with Crippen LogP contribution >= 0.6 is 0 Å². The van der Waals surface area contributed by atoms with E-state index in [1.807, 2.05) is 32.6 Å². The number of ether oxygens (including phenoxy) is 3. The summed E-state index contributed by atoms with van der Waals surface area (Å²) in [6.45, 7) is 7.47. The van der Waals surface area contributed by atoms with Crippen molar-refractivity contribution in [1.29, 1.82) is 0 Å². The van der Waals surface area contributed by atoms with Crippen molar-refractivity contribution in [2.75, 3.05) is 14.2 Å². The van der Waals surface area contributed by atoms with Gasteiger partial charge in [-0.1, -0.05) is 0 Å². The Morgan fingerprint density at radius 3 is 2.04 bits per heavy atom. The molecule has 0 aromatic carbocycles. The lowest BCUT2D eigenvalue weighted by atomic mass is 9.73. The number of carbonyl (C=O) groups is 1. The van der Waals surface area contributed by atoms with Crippen LogP contribution in [0.3, 0.4) is 0 Å². The van der Waals surface area contributed by atoms with Crippen LogP contribution in [0.5, 0.6) is 0 Å². The Kier molecular flexibility index (Phi) is 5.52. The second-order valence-corrected chi connectivity index (χ2v) is 8.48. The highest BCUT2D eigenvalue weighted by Gasteiger charge is 2.50. The van der Waals surface area contributed by atoms with Crippen LogP contribution in [0.15, 0.2) is 0 Å². The molecule has 0 spiro atoms. The van der Waals surface area contributed by atoms with Gasteiger partial charge in [0.2, 0.25) is 0 Å². The zero-order valence-electron chi connectivity index (χ0n) is 15.9. The van der Waals surface area contributed by atoms with Crippen LogP contribution < -0.4 is 0 Å². The van der Waals surface area contributed by atoms with Gasteiger partial charge in [0.05, 0.1) is 5.60 Å². The molecule has 6 nitrogen and oxygen atoms in total. The van der Waals surface area contributed by atoms with Crippen LogP contribution in [0, 0.1) is 0 Å². The van der Waals surface area contributed by atoms with Gasteiger partial charge in [-0.05, 0) is 59.8 Å². The molecule has 140 valence electrons. The van der Waals surface area contributed by atoms with E-state index in [-0.39, 0.29) is 18.2 Å². The molecule has 2 aliphatic heterocycles. The third kappa shape index (κ3) is 4.41. The van der Waals surface area contributed by atoms with Gasteiger partial charge in [0.25, 0.3) is 0 Å². The van der Waals surface area contributed by atoms with Crippen molar-refractivity contribution in [3.8, 4) is 0 Å². The minimum absolute atomic E-state index is 0.00955. The summed E-state index contributed by atoms with van der Waals surface area (Å²) in [4.78, 5) is 14.5. The fraction of sp³-hybridized carbons (Fsp3) is 0.944. The Hall–Kier alpha value is -0.850. The molecule has 2 saturated heterocycles. The van der Waals surface area contributed by atoms with E-state index in [0.29, 0.717) is 19.3 Å². The second kappa shape index (κ2) is 6.81. The minimum atomic E-state index is -0.894. The van der Waals surface area contributed by atoms with Gasteiger partial charge in [-0.2, -0.15) is 0 Å². The number of hydrogen-bond donors (Lipinski definition) is 1. The van der Waals surface area contributed by atoms with E-state index in [1.54, 1.807) is 14.2 Å². The summed E-state index contributed by atoms with van der Waals surface area (Å²) in [5.41, 5.74) is -1.40. The predicted octanol–water partition coefficient (Wildman–Crippen LogP) is 3.07. The van der Waals surface area contributed by atoms with Crippen LogP contribution in [0.2, 0.25) is 0 Å².